The molecule has 3 rings (SSSR count). The van der Waals surface area contributed by atoms with Gasteiger partial charge in [-0.1, -0.05) is 23.3 Å². The van der Waals surface area contributed by atoms with E-state index in [4.69, 9.17) is 0 Å². The van der Waals surface area contributed by atoms with E-state index in [1.807, 2.05) is 19.1 Å². The first-order valence-electron chi connectivity index (χ1n) is 8.32. The van der Waals surface area contributed by atoms with Gasteiger partial charge in [0.1, 0.15) is 0 Å². The minimum absolute atomic E-state index is 0. The van der Waals surface area contributed by atoms with E-state index < -0.39 is 0 Å². The maximum atomic E-state index is 12.3. The van der Waals surface area contributed by atoms with Gasteiger partial charge in [-0.05, 0) is 62.6 Å². The molecule has 4 nitrogen and oxygen atoms in total. The van der Waals surface area contributed by atoms with E-state index in [0.29, 0.717) is 5.56 Å². The molecule has 2 heterocycles. The van der Waals surface area contributed by atoms with E-state index in [9.17, 15) is 4.79 Å². The molecular weight excluding hydrogens is 298 g/mol. The molecule has 4 heteroatoms. The lowest BCUT2D eigenvalue weighted by atomic mass is 9.96. The number of pyridine rings is 1. The first-order valence-corrected chi connectivity index (χ1v) is 8.32. The highest BCUT2D eigenvalue weighted by molar-refractivity contribution is 6.05. The number of nitrogens with zero attached hydrogens (tertiary/aromatic N) is 1. The third-order valence-corrected chi connectivity index (χ3v) is 4.51. The number of benzene rings is 1. The Balaban J connectivity index is 0.00000169. The number of aryl methyl sites for hydroxylation is 1. The molecule has 0 fully saturated rings. The van der Waals surface area contributed by atoms with E-state index >= 15 is 0 Å². The van der Waals surface area contributed by atoms with Gasteiger partial charge in [0.2, 0.25) is 0 Å². The third-order valence-electron chi connectivity index (χ3n) is 4.51. The van der Waals surface area contributed by atoms with Gasteiger partial charge in [0, 0.05) is 33.0 Å². The molecule has 24 heavy (non-hydrogen) atoms. The van der Waals surface area contributed by atoms with E-state index in [1.165, 1.54) is 16.7 Å². The summed E-state index contributed by atoms with van der Waals surface area (Å²) in [5, 5.41) is 6.37. The number of amides is 1. The smallest absolute Gasteiger partial charge is 0.256 e. The number of rotatable bonds is 4. The van der Waals surface area contributed by atoms with Crippen molar-refractivity contribution >= 4 is 11.6 Å². The Morgan fingerprint density at radius 1 is 1.25 bits per heavy atom. The predicted molar refractivity (Wildman–Crippen MR) is 101 cm³/mol. The number of carbonyl (C=O) groups is 1. The summed E-state index contributed by atoms with van der Waals surface area (Å²) in [4.78, 5) is 16.3. The average molecular weight is 325 g/mol. The number of nitrogens with one attached hydrogen (secondary N) is 2. The normalized spacial score (nSPS) is 14.6. The molecule has 0 saturated carbocycles. The molecule has 1 aromatic carbocycles. The Bertz CT molecular complexity index is 773. The van der Waals surface area contributed by atoms with Crippen molar-refractivity contribution in [2.75, 3.05) is 18.4 Å². The van der Waals surface area contributed by atoms with Crippen LogP contribution in [0.25, 0.3) is 0 Å². The fourth-order valence-corrected chi connectivity index (χ4v) is 2.94. The molecule has 1 aliphatic heterocycles. The van der Waals surface area contributed by atoms with Gasteiger partial charge in [-0.3, -0.25) is 9.78 Å². The van der Waals surface area contributed by atoms with Crippen molar-refractivity contribution in [2.24, 2.45) is 0 Å². The summed E-state index contributed by atoms with van der Waals surface area (Å²) in [6.45, 7) is 6.17. The average Bonchev–Trinajstić information content (AvgIpc) is 2.59. The van der Waals surface area contributed by atoms with Gasteiger partial charge in [-0.25, -0.2) is 0 Å². The number of aromatic nitrogens is 1. The lowest BCUT2D eigenvalue weighted by Crippen LogP contribution is -2.25. The largest absolute Gasteiger partial charge is 0.322 e. The minimum Gasteiger partial charge on any atom is -0.322 e. The van der Waals surface area contributed by atoms with Crippen LogP contribution in [0.2, 0.25) is 0 Å². The quantitative estimate of drug-likeness (QED) is 0.836. The highest BCUT2D eigenvalue weighted by Crippen LogP contribution is 2.19. The van der Waals surface area contributed by atoms with Crippen molar-refractivity contribution < 1.29 is 7.65 Å². The minimum atomic E-state index is -0.0994. The fraction of sp³-hybridized carbons (Fsp3) is 0.300. The van der Waals surface area contributed by atoms with Crippen molar-refractivity contribution in [3.63, 3.8) is 0 Å². The van der Waals surface area contributed by atoms with Crippen LogP contribution in [0.15, 0.2) is 53.9 Å². The molecule has 0 radical (unpaired) electrons. The maximum absolute atomic E-state index is 12.3. The van der Waals surface area contributed by atoms with Crippen molar-refractivity contribution in [3.8, 4) is 0 Å². The number of hydrogen-bond donors (Lipinski definition) is 2. The van der Waals surface area contributed by atoms with Crippen LogP contribution in [-0.4, -0.2) is 24.0 Å². The molecule has 2 N–H and O–H groups in total. The molecule has 0 aliphatic carbocycles. The lowest BCUT2D eigenvalue weighted by molar-refractivity contribution is 0.102. The van der Waals surface area contributed by atoms with Gasteiger partial charge in [0.25, 0.3) is 5.91 Å². The first-order chi connectivity index (χ1) is 11.6. The number of anilines is 1. The molecule has 0 bridgehead atoms. The standard InChI is InChI=1S/C20H23N3O.2H2/c1-14-7-9-22-13-17(14)11-16-3-5-18(6-4-16)23-20(24)19-8-10-21-12-15(19)2;;/h3-6,8,10,12,22H,7,9,11,13H2,1-2H3,(H,23,24);2*1H. The zero-order valence-electron chi connectivity index (χ0n) is 14.2. The van der Waals surface area contributed by atoms with Gasteiger partial charge < -0.3 is 10.6 Å². The summed E-state index contributed by atoms with van der Waals surface area (Å²) in [5.74, 6) is -0.0994. The van der Waals surface area contributed by atoms with Crippen LogP contribution in [-0.2, 0) is 6.42 Å². The van der Waals surface area contributed by atoms with Crippen LogP contribution in [0.1, 0.15) is 37.7 Å². The Labute approximate surface area is 146 Å². The van der Waals surface area contributed by atoms with Gasteiger partial charge in [-0.2, -0.15) is 0 Å². The lowest BCUT2D eigenvalue weighted by Gasteiger charge is -2.19. The third kappa shape index (κ3) is 3.89. The molecule has 2 aromatic rings. The van der Waals surface area contributed by atoms with Crippen molar-refractivity contribution in [3.05, 3.63) is 70.6 Å². The molecule has 1 aliphatic rings. The van der Waals surface area contributed by atoms with Crippen LogP contribution in [0.3, 0.4) is 0 Å². The molecule has 0 unspecified atom stereocenters. The predicted octanol–water partition coefficient (Wildman–Crippen LogP) is 3.99. The Morgan fingerprint density at radius 2 is 2.04 bits per heavy atom. The molecule has 0 spiro atoms. The highest BCUT2D eigenvalue weighted by atomic mass is 16.1. The molecule has 1 aromatic heterocycles. The second-order valence-corrected chi connectivity index (χ2v) is 6.33. The Hall–Kier alpha value is -2.46. The molecule has 128 valence electrons. The van der Waals surface area contributed by atoms with Gasteiger partial charge in [0.05, 0.1) is 0 Å². The Morgan fingerprint density at radius 3 is 2.75 bits per heavy atom. The number of hydrogen-bond acceptors (Lipinski definition) is 3. The summed E-state index contributed by atoms with van der Waals surface area (Å²) in [5.41, 5.74) is 6.59. The zero-order valence-corrected chi connectivity index (χ0v) is 14.2. The summed E-state index contributed by atoms with van der Waals surface area (Å²) in [6, 6.07) is 9.85. The van der Waals surface area contributed by atoms with E-state index in [-0.39, 0.29) is 8.76 Å². The molecule has 1 amide bonds. The molecular formula is C20H27N3O. The Kier molecular flexibility index (Phi) is 5.06. The SMILES string of the molecule is CC1=C(Cc2ccc(NC(=O)c3ccncc3C)cc2)CNCC1.[HH].[HH]. The molecule has 0 atom stereocenters. The van der Waals surface area contributed by atoms with Gasteiger partial charge in [0.15, 0.2) is 0 Å². The van der Waals surface area contributed by atoms with Crippen LogP contribution in [0.5, 0.6) is 0 Å². The van der Waals surface area contributed by atoms with E-state index in [1.54, 1.807) is 18.5 Å². The van der Waals surface area contributed by atoms with Crippen LogP contribution < -0.4 is 10.6 Å². The van der Waals surface area contributed by atoms with Crippen LogP contribution in [0.4, 0.5) is 5.69 Å². The van der Waals surface area contributed by atoms with Crippen molar-refractivity contribution in [2.45, 2.75) is 26.7 Å². The van der Waals surface area contributed by atoms with E-state index in [2.05, 4.69) is 34.7 Å². The van der Waals surface area contributed by atoms with Gasteiger partial charge >= 0.3 is 0 Å². The molecule has 0 saturated heterocycles. The number of carbonyl (C=O) groups excluding carboxylic acids is 1. The summed E-state index contributed by atoms with van der Waals surface area (Å²) >= 11 is 0. The van der Waals surface area contributed by atoms with Crippen LogP contribution >= 0.6 is 0 Å². The van der Waals surface area contributed by atoms with Crippen LogP contribution in [0, 0.1) is 6.92 Å². The van der Waals surface area contributed by atoms with Crippen molar-refractivity contribution in [1.82, 2.24) is 10.3 Å². The van der Waals surface area contributed by atoms with Crippen molar-refractivity contribution in [1.29, 1.82) is 0 Å². The maximum Gasteiger partial charge on any atom is 0.256 e. The second kappa shape index (κ2) is 7.41. The highest BCUT2D eigenvalue weighted by Gasteiger charge is 2.11. The summed E-state index contributed by atoms with van der Waals surface area (Å²) in [6.07, 6.45) is 5.44. The fourth-order valence-electron chi connectivity index (χ4n) is 2.94. The zero-order chi connectivity index (χ0) is 16.9. The van der Waals surface area contributed by atoms with Gasteiger partial charge in [-0.15, -0.1) is 0 Å². The first kappa shape index (κ1) is 16.4. The topological polar surface area (TPSA) is 54.0 Å². The second-order valence-electron chi connectivity index (χ2n) is 6.33. The summed E-state index contributed by atoms with van der Waals surface area (Å²) < 4.78 is 0. The summed E-state index contributed by atoms with van der Waals surface area (Å²) in [7, 11) is 0. The van der Waals surface area contributed by atoms with E-state index in [0.717, 1.165) is 37.2 Å². The monoisotopic (exact) mass is 325 g/mol.